The van der Waals surface area contributed by atoms with E-state index in [0.717, 1.165) is 18.2 Å². The van der Waals surface area contributed by atoms with Crippen LogP contribution in [0.25, 0.3) is 0 Å². The van der Waals surface area contributed by atoms with E-state index < -0.39 is 33.6 Å². The average molecular weight is 410 g/mol. The van der Waals surface area contributed by atoms with Crippen molar-refractivity contribution in [2.45, 2.75) is 17.9 Å². The predicted octanol–water partition coefficient (Wildman–Crippen LogP) is 2.48. The first-order valence-corrected chi connectivity index (χ1v) is 10.2. The SMILES string of the molecule is CC(NC(=O)c1cc(S(=O)(=O)N2CCOCC2)ccc1F)c1ccc(F)cc1. The lowest BCUT2D eigenvalue weighted by molar-refractivity contribution is 0.0730. The molecule has 0 aliphatic carbocycles. The van der Waals surface area contributed by atoms with Gasteiger partial charge >= 0.3 is 0 Å². The van der Waals surface area contributed by atoms with Crippen LogP contribution >= 0.6 is 0 Å². The third-order valence-corrected chi connectivity index (χ3v) is 6.40. The van der Waals surface area contributed by atoms with Crippen molar-refractivity contribution in [3.8, 4) is 0 Å². The van der Waals surface area contributed by atoms with Gasteiger partial charge in [0.2, 0.25) is 10.0 Å². The number of hydrogen-bond donors (Lipinski definition) is 1. The smallest absolute Gasteiger partial charge is 0.254 e. The van der Waals surface area contributed by atoms with Crippen molar-refractivity contribution in [2.75, 3.05) is 26.3 Å². The molecule has 6 nitrogen and oxygen atoms in total. The molecule has 1 unspecified atom stereocenters. The molecule has 0 spiro atoms. The number of sulfonamides is 1. The Morgan fingerprint density at radius 3 is 2.39 bits per heavy atom. The summed E-state index contributed by atoms with van der Waals surface area (Å²) in [6.45, 7) is 2.62. The van der Waals surface area contributed by atoms with Gasteiger partial charge in [0, 0.05) is 13.1 Å². The maximum atomic E-state index is 14.2. The highest BCUT2D eigenvalue weighted by molar-refractivity contribution is 7.89. The Labute approximate surface area is 162 Å². The van der Waals surface area contributed by atoms with Gasteiger partial charge in [-0.25, -0.2) is 17.2 Å². The summed E-state index contributed by atoms with van der Waals surface area (Å²) >= 11 is 0. The van der Waals surface area contributed by atoms with Gasteiger partial charge in [0.05, 0.1) is 29.7 Å². The van der Waals surface area contributed by atoms with Crippen LogP contribution in [0.4, 0.5) is 8.78 Å². The van der Waals surface area contributed by atoms with E-state index in [9.17, 15) is 22.0 Å². The lowest BCUT2D eigenvalue weighted by Gasteiger charge is -2.26. The van der Waals surface area contributed by atoms with E-state index in [1.807, 2.05) is 0 Å². The van der Waals surface area contributed by atoms with Gasteiger partial charge in [-0.2, -0.15) is 4.31 Å². The second-order valence-electron chi connectivity index (χ2n) is 6.40. The highest BCUT2D eigenvalue weighted by Gasteiger charge is 2.28. The van der Waals surface area contributed by atoms with E-state index >= 15 is 0 Å². The van der Waals surface area contributed by atoms with Crippen molar-refractivity contribution in [3.63, 3.8) is 0 Å². The average Bonchev–Trinajstić information content (AvgIpc) is 2.69. The van der Waals surface area contributed by atoms with Crippen molar-refractivity contribution in [3.05, 3.63) is 65.2 Å². The Hall–Kier alpha value is -2.36. The number of amides is 1. The molecule has 1 saturated heterocycles. The Morgan fingerprint density at radius 2 is 1.75 bits per heavy atom. The molecular formula is C19H20F2N2O4S. The molecule has 1 N–H and O–H groups in total. The number of carbonyl (C=O) groups is 1. The van der Waals surface area contributed by atoms with Gasteiger partial charge in [-0.3, -0.25) is 4.79 Å². The van der Waals surface area contributed by atoms with Gasteiger partial charge in [-0.05, 0) is 42.8 Å². The molecule has 2 aromatic carbocycles. The van der Waals surface area contributed by atoms with E-state index in [1.165, 1.54) is 28.6 Å². The summed E-state index contributed by atoms with van der Waals surface area (Å²) in [5.41, 5.74) is 0.260. The van der Waals surface area contributed by atoms with Crippen LogP contribution in [0, 0.1) is 11.6 Å². The number of carbonyl (C=O) groups excluding carboxylic acids is 1. The molecule has 150 valence electrons. The molecule has 0 aromatic heterocycles. The fourth-order valence-electron chi connectivity index (χ4n) is 2.88. The van der Waals surface area contributed by atoms with Gasteiger partial charge in [0.25, 0.3) is 5.91 Å². The van der Waals surface area contributed by atoms with Gasteiger partial charge in [-0.1, -0.05) is 12.1 Å². The van der Waals surface area contributed by atoms with Crippen LogP contribution < -0.4 is 5.32 Å². The minimum atomic E-state index is -3.86. The molecule has 0 bridgehead atoms. The highest BCUT2D eigenvalue weighted by atomic mass is 32.2. The fourth-order valence-corrected chi connectivity index (χ4v) is 4.32. The topological polar surface area (TPSA) is 75.7 Å². The van der Waals surface area contributed by atoms with Crippen LogP contribution in [0.2, 0.25) is 0 Å². The zero-order valence-corrected chi connectivity index (χ0v) is 16.0. The van der Waals surface area contributed by atoms with Gasteiger partial charge in [0.15, 0.2) is 0 Å². The molecule has 9 heteroatoms. The Bertz CT molecular complexity index is 958. The van der Waals surface area contributed by atoms with Crippen molar-refractivity contribution in [1.82, 2.24) is 9.62 Å². The molecule has 3 rings (SSSR count). The monoisotopic (exact) mass is 410 g/mol. The first-order chi connectivity index (χ1) is 13.3. The van der Waals surface area contributed by atoms with Crippen molar-refractivity contribution < 1.29 is 26.7 Å². The molecule has 1 atom stereocenters. The van der Waals surface area contributed by atoms with Gasteiger partial charge in [-0.15, -0.1) is 0 Å². The summed E-state index contributed by atoms with van der Waals surface area (Å²) in [5, 5.41) is 2.60. The van der Waals surface area contributed by atoms with Crippen molar-refractivity contribution in [1.29, 1.82) is 0 Å². The first-order valence-electron chi connectivity index (χ1n) is 8.73. The molecule has 1 amide bonds. The van der Waals surface area contributed by atoms with Crippen LogP contribution in [-0.2, 0) is 14.8 Å². The van der Waals surface area contributed by atoms with E-state index in [2.05, 4.69) is 5.32 Å². The van der Waals surface area contributed by atoms with E-state index in [0.29, 0.717) is 5.56 Å². The molecule has 1 aliphatic rings. The number of hydrogen-bond acceptors (Lipinski definition) is 4. The lowest BCUT2D eigenvalue weighted by atomic mass is 10.1. The molecule has 1 heterocycles. The molecule has 0 radical (unpaired) electrons. The molecule has 1 fully saturated rings. The fraction of sp³-hybridized carbons (Fsp3) is 0.316. The number of halogens is 2. The third kappa shape index (κ3) is 4.37. The largest absolute Gasteiger partial charge is 0.379 e. The minimum absolute atomic E-state index is 0.157. The highest BCUT2D eigenvalue weighted by Crippen LogP contribution is 2.21. The first kappa shape index (κ1) is 20.4. The summed E-state index contributed by atoms with van der Waals surface area (Å²) in [6, 6.07) is 8.15. The van der Waals surface area contributed by atoms with Gasteiger partial charge < -0.3 is 10.1 Å². The summed E-state index contributed by atoms with van der Waals surface area (Å²) in [5.74, 6) is -1.99. The zero-order valence-electron chi connectivity index (χ0n) is 15.2. The molecule has 1 aliphatic heterocycles. The quantitative estimate of drug-likeness (QED) is 0.822. The van der Waals surface area contributed by atoms with Crippen LogP contribution in [-0.4, -0.2) is 44.9 Å². The van der Waals surface area contributed by atoms with E-state index in [4.69, 9.17) is 4.74 Å². The zero-order chi connectivity index (χ0) is 20.3. The normalized spacial score (nSPS) is 16.5. The second-order valence-corrected chi connectivity index (χ2v) is 8.34. The summed E-state index contributed by atoms with van der Waals surface area (Å²) in [7, 11) is -3.86. The number of rotatable bonds is 5. The van der Waals surface area contributed by atoms with Gasteiger partial charge in [0.1, 0.15) is 11.6 Å². The third-order valence-electron chi connectivity index (χ3n) is 4.51. The van der Waals surface area contributed by atoms with Crippen LogP contribution in [0.1, 0.15) is 28.9 Å². The molecular weight excluding hydrogens is 390 g/mol. The summed E-state index contributed by atoms with van der Waals surface area (Å²) in [6.07, 6.45) is 0. The number of nitrogens with one attached hydrogen (secondary N) is 1. The standard InChI is InChI=1S/C19H20F2N2O4S/c1-13(14-2-4-15(20)5-3-14)22-19(24)17-12-16(6-7-18(17)21)28(25,26)23-8-10-27-11-9-23/h2-7,12-13H,8-11H2,1H3,(H,22,24). The van der Waals surface area contributed by atoms with Crippen LogP contribution in [0.5, 0.6) is 0 Å². The minimum Gasteiger partial charge on any atom is -0.379 e. The number of ether oxygens (including phenoxy) is 1. The summed E-state index contributed by atoms with van der Waals surface area (Å²) in [4.78, 5) is 12.4. The van der Waals surface area contributed by atoms with Crippen molar-refractivity contribution >= 4 is 15.9 Å². The lowest BCUT2D eigenvalue weighted by Crippen LogP contribution is -2.40. The number of nitrogens with zero attached hydrogens (tertiary/aromatic N) is 1. The second kappa shape index (κ2) is 8.34. The maximum Gasteiger partial charge on any atom is 0.254 e. The van der Waals surface area contributed by atoms with E-state index in [-0.39, 0.29) is 36.8 Å². The maximum absolute atomic E-state index is 14.2. The number of benzene rings is 2. The molecule has 0 saturated carbocycles. The Balaban J connectivity index is 1.82. The molecule has 2 aromatic rings. The van der Waals surface area contributed by atoms with Crippen molar-refractivity contribution in [2.24, 2.45) is 0 Å². The Kier molecular flexibility index (Phi) is 6.07. The summed E-state index contributed by atoms with van der Waals surface area (Å²) < 4.78 is 59.1. The number of morpholine rings is 1. The Morgan fingerprint density at radius 1 is 1.11 bits per heavy atom. The molecule has 28 heavy (non-hydrogen) atoms. The van der Waals surface area contributed by atoms with Crippen LogP contribution in [0.3, 0.4) is 0 Å². The van der Waals surface area contributed by atoms with E-state index in [1.54, 1.807) is 6.92 Å². The van der Waals surface area contributed by atoms with Crippen LogP contribution in [0.15, 0.2) is 47.4 Å². The predicted molar refractivity (Wildman–Crippen MR) is 98.3 cm³/mol.